The Morgan fingerprint density at radius 2 is 2.33 bits per heavy atom. The van der Waals surface area contributed by atoms with E-state index in [1.54, 1.807) is 19.4 Å². The molecule has 1 heterocycles. The molecule has 2 saturated carbocycles. The number of rotatable bonds is 5. The molecule has 0 aromatic carbocycles. The summed E-state index contributed by atoms with van der Waals surface area (Å²) in [5, 5.41) is 3.30. The van der Waals surface area contributed by atoms with Gasteiger partial charge in [-0.15, -0.1) is 0 Å². The average molecular weight is 247 g/mol. The zero-order valence-electron chi connectivity index (χ0n) is 10.9. The van der Waals surface area contributed by atoms with Gasteiger partial charge in [0.05, 0.1) is 7.11 Å². The molecule has 18 heavy (non-hydrogen) atoms. The van der Waals surface area contributed by atoms with E-state index in [-0.39, 0.29) is 0 Å². The second kappa shape index (κ2) is 5.12. The molecule has 4 heteroatoms. The van der Waals surface area contributed by atoms with Crippen LogP contribution in [0.3, 0.4) is 0 Å². The highest BCUT2D eigenvalue weighted by Gasteiger charge is 2.38. The van der Waals surface area contributed by atoms with E-state index < -0.39 is 0 Å². The Hall–Kier alpha value is -1.32. The Bertz CT molecular complexity index is 410. The first kappa shape index (κ1) is 11.8. The lowest BCUT2D eigenvalue weighted by molar-refractivity contribution is 0.320. The molecular weight excluding hydrogens is 226 g/mol. The van der Waals surface area contributed by atoms with Crippen molar-refractivity contribution in [2.75, 3.05) is 19.0 Å². The van der Waals surface area contributed by atoms with Crippen LogP contribution in [0.4, 0.5) is 5.95 Å². The van der Waals surface area contributed by atoms with Gasteiger partial charge in [0.1, 0.15) is 0 Å². The van der Waals surface area contributed by atoms with Crippen LogP contribution in [0.5, 0.6) is 5.88 Å². The predicted octanol–water partition coefficient (Wildman–Crippen LogP) is 2.72. The quantitative estimate of drug-likeness (QED) is 0.869. The topological polar surface area (TPSA) is 47.0 Å². The van der Waals surface area contributed by atoms with E-state index in [2.05, 4.69) is 15.3 Å². The van der Waals surface area contributed by atoms with Crippen molar-refractivity contribution in [3.8, 4) is 5.88 Å². The van der Waals surface area contributed by atoms with Crippen molar-refractivity contribution >= 4 is 5.95 Å². The average Bonchev–Trinajstić information content (AvgIpc) is 3.01. The third-order valence-electron chi connectivity index (χ3n) is 4.52. The van der Waals surface area contributed by atoms with Gasteiger partial charge in [-0.05, 0) is 43.4 Å². The summed E-state index contributed by atoms with van der Waals surface area (Å²) >= 11 is 0. The molecule has 1 aromatic rings. The van der Waals surface area contributed by atoms with Gasteiger partial charge in [0, 0.05) is 18.8 Å². The molecule has 2 fully saturated rings. The Labute approximate surface area is 108 Å². The molecule has 2 aliphatic rings. The maximum absolute atomic E-state index is 5.08. The smallest absolute Gasteiger partial charge is 0.225 e. The molecule has 0 spiro atoms. The predicted molar refractivity (Wildman–Crippen MR) is 70.6 cm³/mol. The van der Waals surface area contributed by atoms with E-state index in [9.17, 15) is 0 Å². The fourth-order valence-corrected chi connectivity index (χ4v) is 3.64. The second-order valence-corrected chi connectivity index (χ2v) is 5.57. The zero-order chi connectivity index (χ0) is 12.4. The fourth-order valence-electron chi connectivity index (χ4n) is 3.64. The third-order valence-corrected chi connectivity index (χ3v) is 4.52. The minimum absolute atomic E-state index is 0.618. The summed E-state index contributed by atoms with van der Waals surface area (Å²) in [6, 6.07) is 1.76. The highest BCUT2D eigenvalue weighted by atomic mass is 16.5. The molecule has 1 aromatic heterocycles. The normalized spacial score (nSPS) is 29.5. The molecule has 98 valence electrons. The van der Waals surface area contributed by atoms with Gasteiger partial charge >= 0.3 is 0 Å². The number of fused-ring (bicyclic) bond motifs is 2. The molecule has 3 rings (SSSR count). The molecule has 3 atom stereocenters. The summed E-state index contributed by atoms with van der Waals surface area (Å²) < 4.78 is 5.08. The standard InChI is InChI=1S/C14H21N3O/c1-18-13-5-7-16-14(17-13)15-6-4-12-9-10-2-3-11(12)8-10/h5,7,10-12H,2-4,6,8-9H2,1H3,(H,15,16,17)/t10-,11-,12+/m0/s1. The van der Waals surface area contributed by atoms with Crippen LogP contribution in [-0.4, -0.2) is 23.6 Å². The van der Waals surface area contributed by atoms with Crippen molar-refractivity contribution in [3.05, 3.63) is 12.3 Å². The molecule has 0 saturated heterocycles. The Balaban J connectivity index is 1.46. The van der Waals surface area contributed by atoms with Crippen LogP contribution in [0.1, 0.15) is 32.1 Å². The van der Waals surface area contributed by atoms with Crippen molar-refractivity contribution in [2.24, 2.45) is 17.8 Å². The number of hydrogen-bond acceptors (Lipinski definition) is 4. The van der Waals surface area contributed by atoms with Gasteiger partial charge < -0.3 is 10.1 Å². The van der Waals surface area contributed by atoms with Crippen LogP contribution in [0.2, 0.25) is 0 Å². The Morgan fingerprint density at radius 1 is 1.39 bits per heavy atom. The van der Waals surface area contributed by atoms with Gasteiger partial charge in [0.25, 0.3) is 0 Å². The number of ether oxygens (including phenoxy) is 1. The molecule has 2 aliphatic carbocycles. The van der Waals surface area contributed by atoms with Gasteiger partial charge in [-0.3, -0.25) is 0 Å². The van der Waals surface area contributed by atoms with Crippen LogP contribution in [-0.2, 0) is 0 Å². The van der Waals surface area contributed by atoms with Gasteiger partial charge in [0.15, 0.2) is 0 Å². The maximum Gasteiger partial charge on any atom is 0.225 e. The van der Waals surface area contributed by atoms with Crippen molar-refractivity contribution < 1.29 is 4.74 Å². The van der Waals surface area contributed by atoms with Crippen LogP contribution < -0.4 is 10.1 Å². The molecule has 2 bridgehead atoms. The van der Waals surface area contributed by atoms with Gasteiger partial charge in [-0.2, -0.15) is 4.98 Å². The maximum atomic E-state index is 5.08. The number of nitrogens with zero attached hydrogens (tertiary/aromatic N) is 2. The van der Waals surface area contributed by atoms with Crippen LogP contribution in [0.25, 0.3) is 0 Å². The van der Waals surface area contributed by atoms with Crippen LogP contribution in [0.15, 0.2) is 12.3 Å². The number of anilines is 1. The lowest BCUT2D eigenvalue weighted by atomic mass is 9.86. The van der Waals surface area contributed by atoms with E-state index in [0.717, 1.165) is 24.3 Å². The lowest BCUT2D eigenvalue weighted by Crippen LogP contribution is -2.15. The summed E-state index contributed by atoms with van der Waals surface area (Å²) in [4.78, 5) is 8.46. The molecule has 0 unspecified atom stereocenters. The summed E-state index contributed by atoms with van der Waals surface area (Å²) in [7, 11) is 1.63. The fraction of sp³-hybridized carbons (Fsp3) is 0.714. The summed E-state index contributed by atoms with van der Waals surface area (Å²) in [6.07, 6.45) is 8.86. The van der Waals surface area contributed by atoms with Gasteiger partial charge in [0.2, 0.25) is 11.8 Å². The van der Waals surface area contributed by atoms with Crippen molar-refractivity contribution in [1.29, 1.82) is 0 Å². The van der Waals surface area contributed by atoms with E-state index >= 15 is 0 Å². The molecule has 1 N–H and O–H groups in total. The Kier molecular flexibility index (Phi) is 3.35. The summed E-state index contributed by atoms with van der Waals surface area (Å²) in [5.74, 6) is 4.27. The van der Waals surface area contributed by atoms with Crippen LogP contribution >= 0.6 is 0 Å². The van der Waals surface area contributed by atoms with Crippen molar-refractivity contribution in [3.63, 3.8) is 0 Å². The molecule has 0 radical (unpaired) electrons. The highest BCUT2D eigenvalue weighted by molar-refractivity contribution is 5.27. The van der Waals surface area contributed by atoms with Gasteiger partial charge in [-0.25, -0.2) is 4.98 Å². The number of hydrogen-bond donors (Lipinski definition) is 1. The molecular formula is C14H21N3O. The SMILES string of the molecule is COc1ccnc(NCC[C@@H]2C[C@H]3CC[C@H]2C3)n1. The van der Waals surface area contributed by atoms with Crippen molar-refractivity contribution in [2.45, 2.75) is 32.1 Å². The minimum atomic E-state index is 0.618. The van der Waals surface area contributed by atoms with Crippen LogP contribution in [0, 0.1) is 17.8 Å². The first-order valence-electron chi connectivity index (χ1n) is 6.96. The van der Waals surface area contributed by atoms with Gasteiger partial charge in [-0.1, -0.05) is 6.42 Å². The Morgan fingerprint density at radius 3 is 3.06 bits per heavy atom. The highest BCUT2D eigenvalue weighted by Crippen LogP contribution is 2.49. The molecule has 0 amide bonds. The largest absolute Gasteiger partial charge is 0.481 e. The molecule has 4 nitrogen and oxygen atoms in total. The summed E-state index contributed by atoms with van der Waals surface area (Å²) in [6.45, 7) is 0.973. The minimum Gasteiger partial charge on any atom is -0.481 e. The molecule has 0 aliphatic heterocycles. The first-order valence-corrected chi connectivity index (χ1v) is 6.96. The lowest BCUT2D eigenvalue weighted by Gasteiger charge is -2.21. The first-order chi connectivity index (χ1) is 8.85. The number of nitrogens with one attached hydrogen (secondary N) is 1. The third kappa shape index (κ3) is 2.42. The van der Waals surface area contributed by atoms with E-state index in [1.165, 1.54) is 32.1 Å². The van der Waals surface area contributed by atoms with E-state index in [1.807, 2.05) is 0 Å². The monoisotopic (exact) mass is 247 g/mol. The second-order valence-electron chi connectivity index (χ2n) is 5.57. The van der Waals surface area contributed by atoms with E-state index in [4.69, 9.17) is 4.74 Å². The number of aromatic nitrogens is 2. The summed E-state index contributed by atoms with van der Waals surface area (Å²) in [5.41, 5.74) is 0. The number of methoxy groups -OCH3 is 1. The van der Waals surface area contributed by atoms with Crippen molar-refractivity contribution in [1.82, 2.24) is 9.97 Å². The van der Waals surface area contributed by atoms with E-state index in [0.29, 0.717) is 11.8 Å². The zero-order valence-corrected chi connectivity index (χ0v) is 10.9.